The second-order valence-corrected chi connectivity index (χ2v) is 2.45. The molecule has 1 radical (unpaired) electrons. The number of hydrogen-bond donors (Lipinski definition) is 2. The molecular weight excluding hydrogens is 176 g/mol. The normalized spacial score (nSPS) is 15.1. The summed E-state index contributed by atoms with van der Waals surface area (Å²) in [5, 5.41) is 17.7. The Bertz CT molecular complexity index is 147. The van der Waals surface area contributed by atoms with Crippen molar-refractivity contribution >= 4 is 5.97 Å². The molecule has 0 aliphatic carbocycles. The van der Waals surface area contributed by atoms with Crippen molar-refractivity contribution in [3.63, 3.8) is 0 Å². The summed E-state index contributed by atoms with van der Waals surface area (Å²) in [7, 11) is 0. The lowest BCUT2D eigenvalue weighted by atomic mass is 10.3. The summed E-state index contributed by atoms with van der Waals surface area (Å²) in [6, 6.07) is 0. The quantitative estimate of drug-likeness (QED) is 0.436. The van der Waals surface area contributed by atoms with Crippen LogP contribution in [0.2, 0.25) is 0 Å². The van der Waals surface area contributed by atoms with Gasteiger partial charge in [0.1, 0.15) is 6.10 Å². The van der Waals surface area contributed by atoms with Gasteiger partial charge in [0.05, 0.1) is 13.2 Å². The summed E-state index contributed by atoms with van der Waals surface area (Å²) in [5.41, 5.74) is 0. The van der Waals surface area contributed by atoms with Crippen LogP contribution in [-0.4, -0.2) is 41.8 Å². The van der Waals surface area contributed by atoms with Gasteiger partial charge in [-0.3, -0.25) is 4.79 Å². The van der Waals surface area contributed by atoms with Crippen LogP contribution >= 0.6 is 0 Å². The third-order valence-electron chi connectivity index (χ3n) is 1.21. The van der Waals surface area contributed by atoms with Crippen LogP contribution in [0.15, 0.2) is 0 Å². The van der Waals surface area contributed by atoms with Crippen molar-refractivity contribution in [1.29, 1.82) is 0 Å². The smallest absolute Gasteiger partial charge is 0.305 e. The molecule has 0 aromatic rings. The van der Waals surface area contributed by atoms with Gasteiger partial charge in [-0.15, -0.1) is 0 Å². The van der Waals surface area contributed by atoms with Crippen LogP contribution in [0.1, 0.15) is 13.3 Å². The zero-order chi connectivity index (χ0) is 10.3. The van der Waals surface area contributed by atoms with Crippen molar-refractivity contribution in [2.75, 3.05) is 13.2 Å². The Balaban J connectivity index is 3.94. The lowest BCUT2D eigenvalue weighted by molar-refractivity contribution is -0.205. The lowest BCUT2D eigenvalue weighted by Crippen LogP contribution is -2.36. The van der Waals surface area contributed by atoms with Crippen LogP contribution in [0.5, 0.6) is 0 Å². The first-order valence-electron chi connectivity index (χ1n) is 3.98. The first-order chi connectivity index (χ1) is 6.11. The number of aliphatic hydroxyl groups excluding tert-OH is 2. The molecule has 5 heteroatoms. The van der Waals surface area contributed by atoms with Crippen molar-refractivity contribution in [1.82, 2.24) is 0 Å². The second kappa shape index (κ2) is 6.82. The number of hydrogen-bond acceptors (Lipinski definition) is 5. The van der Waals surface area contributed by atoms with E-state index in [2.05, 4.69) is 11.7 Å². The molecule has 0 saturated heterocycles. The van der Waals surface area contributed by atoms with Gasteiger partial charge in [-0.05, 0) is 6.42 Å². The van der Waals surface area contributed by atoms with Crippen molar-refractivity contribution in [3.8, 4) is 0 Å². The summed E-state index contributed by atoms with van der Waals surface area (Å²) in [6.45, 7) is 4.45. The van der Waals surface area contributed by atoms with Gasteiger partial charge in [0, 0.05) is 6.92 Å². The molecule has 77 valence electrons. The molecule has 0 heterocycles. The highest BCUT2D eigenvalue weighted by atomic mass is 16.7. The van der Waals surface area contributed by atoms with Crippen molar-refractivity contribution in [2.45, 2.75) is 25.7 Å². The number of esters is 1. The number of ether oxygens (including phenoxy) is 2. The summed E-state index contributed by atoms with van der Waals surface area (Å²) >= 11 is 0. The fourth-order valence-electron chi connectivity index (χ4n) is 0.673. The van der Waals surface area contributed by atoms with Gasteiger partial charge in [0.15, 0.2) is 0 Å². The molecule has 13 heavy (non-hydrogen) atoms. The predicted octanol–water partition coefficient (Wildman–Crippen LogP) is -0.530. The van der Waals surface area contributed by atoms with Crippen LogP contribution in [0.3, 0.4) is 0 Å². The Labute approximate surface area is 77.3 Å². The molecule has 0 saturated carbocycles. The fourth-order valence-corrected chi connectivity index (χ4v) is 0.673. The van der Waals surface area contributed by atoms with Gasteiger partial charge in [0.25, 0.3) is 0 Å². The van der Waals surface area contributed by atoms with Gasteiger partial charge in [-0.25, -0.2) is 0 Å². The molecule has 2 atom stereocenters. The summed E-state index contributed by atoms with van der Waals surface area (Å²) < 4.78 is 9.55. The molecule has 0 rings (SSSR count). The SMILES string of the molecule is [CH2]CCOC(OC(C)=O)C(O)CO. The molecule has 0 bridgehead atoms. The highest BCUT2D eigenvalue weighted by Crippen LogP contribution is 2.02. The Hall–Kier alpha value is -0.650. The van der Waals surface area contributed by atoms with Crippen LogP contribution in [-0.2, 0) is 14.3 Å². The maximum Gasteiger partial charge on any atom is 0.305 e. The Kier molecular flexibility index (Phi) is 6.48. The standard InChI is InChI=1S/C8H15O5/c1-3-4-12-8(7(11)5-9)13-6(2)10/h7-9,11H,1,3-5H2,2H3. The van der Waals surface area contributed by atoms with E-state index in [9.17, 15) is 4.79 Å². The highest BCUT2D eigenvalue weighted by Gasteiger charge is 2.21. The zero-order valence-electron chi connectivity index (χ0n) is 7.60. The predicted molar refractivity (Wildman–Crippen MR) is 44.6 cm³/mol. The summed E-state index contributed by atoms with van der Waals surface area (Å²) in [6.07, 6.45) is -1.82. The van der Waals surface area contributed by atoms with Gasteiger partial charge < -0.3 is 19.7 Å². The van der Waals surface area contributed by atoms with Gasteiger partial charge in [-0.1, -0.05) is 6.92 Å². The van der Waals surface area contributed by atoms with E-state index in [1.54, 1.807) is 0 Å². The number of carbonyl (C=O) groups is 1. The van der Waals surface area contributed by atoms with E-state index in [4.69, 9.17) is 14.9 Å². The van der Waals surface area contributed by atoms with E-state index < -0.39 is 25.0 Å². The maximum atomic E-state index is 10.5. The highest BCUT2D eigenvalue weighted by molar-refractivity contribution is 5.66. The maximum absolute atomic E-state index is 10.5. The van der Waals surface area contributed by atoms with Gasteiger partial charge in [-0.2, -0.15) is 0 Å². The van der Waals surface area contributed by atoms with Crippen LogP contribution in [0, 0.1) is 6.92 Å². The van der Waals surface area contributed by atoms with E-state index >= 15 is 0 Å². The van der Waals surface area contributed by atoms with Gasteiger partial charge in [0.2, 0.25) is 6.29 Å². The monoisotopic (exact) mass is 191 g/mol. The van der Waals surface area contributed by atoms with E-state index in [1.165, 1.54) is 6.92 Å². The van der Waals surface area contributed by atoms with Crippen LogP contribution in [0.25, 0.3) is 0 Å². The average molecular weight is 191 g/mol. The van der Waals surface area contributed by atoms with Crippen molar-refractivity contribution in [3.05, 3.63) is 6.92 Å². The second-order valence-electron chi connectivity index (χ2n) is 2.45. The summed E-state index contributed by atoms with van der Waals surface area (Å²) in [4.78, 5) is 10.5. The molecule has 0 spiro atoms. The molecule has 0 aromatic heterocycles. The molecule has 0 aliphatic rings. The Morgan fingerprint density at radius 3 is 2.62 bits per heavy atom. The minimum absolute atomic E-state index is 0.259. The number of aliphatic hydroxyl groups is 2. The Morgan fingerprint density at radius 2 is 2.23 bits per heavy atom. The number of carbonyl (C=O) groups excluding carboxylic acids is 1. The minimum atomic E-state index is -1.21. The molecular formula is C8H15O5. The van der Waals surface area contributed by atoms with Crippen LogP contribution < -0.4 is 0 Å². The first kappa shape index (κ1) is 12.3. The molecule has 2 unspecified atom stereocenters. The molecule has 0 fully saturated rings. The molecule has 0 aliphatic heterocycles. The number of rotatable bonds is 6. The topological polar surface area (TPSA) is 76.0 Å². The van der Waals surface area contributed by atoms with E-state index in [-0.39, 0.29) is 6.61 Å². The largest absolute Gasteiger partial charge is 0.433 e. The molecule has 0 amide bonds. The average Bonchev–Trinajstić information content (AvgIpc) is 2.10. The summed E-state index contributed by atoms with van der Waals surface area (Å²) in [5.74, 6) is -0.568. The van der Waals surface area contributed by atoms with E-state index in [1.807, 2.05) is 0 Å². The van der Waals surface area contributed by atoms with Crippen molar-refractivity contribution < 1.29 is 24.5 Å². The third kappa shape index (κ3) is 5.57. The van der Waals surface area contributed by atoms with E-state index in [0.717, 1.165) is 0 Å². The fraction of sp³-hybridized carbons (Fsp3) is 0.750. The Morgan fingerprint density at radius 1 is 1.62 bits per heavy atom. The first-order valence-corrected chi connectivity index (χ1v) is 3.98. The lowest BCUT2D eigenvalue weighted by Gasteiger charge is -2.20. The van der Waals surface area contributed by atoms with E-state index in [0.29, 0.717) is 6.42 Å². The minimum Gasteiger partial charge on any atom is -0.433 e. The van der Waals surface area contributed by atoms with Crippen molar-refractivity contribution in [2.24, 2.45) is 0 Å². The molecule has 5 nitrogen and oxygen atoms in total. The molecule has 2 N–H and O–H groups in total. The molecule has 0 aromatic carbocycles. The zero-order valence-corrected chi connectivity index (χ0v) is 7.60. The van der Waals surface area contributed by atoms with Gasteiger partial charge >= 0.3 is 5.97 Å². The third-order valence-corrected chi connectivity index (χ3v) is 1.21. The van der Waals surface area contributed by atoms with Crippen LogP contribution in [0.4, 0.5) is 0 Å².